The van der Waals surface area contributed by atoms with E-state index in [1.807, 2.05) is 0 Å². The molecule has 3 fully saturated rings. The van der Waals surface area contributed by atoms with Crippen molar-refractivity contribution in [3.63, 3.8) is 0 Å². The molecule has 2 saturated carbocycles. The molecule has 1 aromatic carbocycles. The first kappa shape index (κ1) is 18.5. The molecule has 1 N–H and O–H groups in total. The van der Waals surface area contributed by atoms with Gasteiger partial charge in [0.2, 0.25) is 11.8 Å². The van der Waals surface area contributed by atoms with E-state index in [-0.39, 0.29) is 6.04 Å². The van der Waals surface area contributed by atoms with Crippen molar-refractivity contribution in [2.75, 3.05) is 14.2 Å². The van der Waals surface area contributed by atoms with Crippen molar-refractivity contribution >= 4 is 29.7 Å². The minimum absolute atomic E-state index is 0.124. The van der Waals surface area contributed by atoms with Gasteiger partial charge in [0, 0.05) is 18.3 Å². The predicted octanol–water partition coefficient (Wildman–Crippen LogP) is 2.29. The van der Waals surface area contributed by atoms with E-state index in [1.165, 1.54) is 25.3 Å². The number of amides is 4. The maximum Gasteiger partial charge on any atom is 0.331 e. The minimum atomic E-state index is -1.15. The second-order valence-electron chi connectivity index (χ2n) is 7.54. The summed E-state index contributed by atoms with van der Waals surface area (Å²) in [6.45, 7) is 0. The molecule has 8 nitrogen and oxygen atoms in total. The van der Waals surface area contributed by atoms with Gasteiger partial charge in [-0.3, -0.25) is 24.8 Å². The van der Waals surface area contributed by atoms with E-state index >= 15 is 0 Å². The molecule has 1 aliphatic heterocycles. The average molecular weight is 385 g/mol. The minimum Gasteiger partial charge on any atom is -0.497 e. The molecule has 3 aliphatic rings. The number of methoxy groups -OCH3 is 2. The molecule has 0 aromatic heterocycles. The molecule has 4 atom stereocenters. The van der Waals surface area contributed by atoms with Gasteiger partial charge < -0.3 is 9.47 Å². The van der Waals surface area contributed by atoms with Gasteiger partial charge >= 0.3 is 6.03 Å². The molecular weight excluding hydrogens is 362 g/mol. The molecule has 2 aliphatic carbocycles. The first-order chi connectivity index (χ1) is 13.5. The molecule has 28 heavy (non-hydrogen) atoms. The lowest BCUT2D eigenvalue weighted by Crippen LogP contribution is -2.62. The monoisotopic (exact) mass is 385 g/mol. The highest BCUT2D eigenvalue weighted by atomic mass is 16.5. The second-order valence-corrected chi connectivity index (χ2v) is 7.54. The normalized spacial score (nSPS) is 29.5. The number of nitrogens with one attached hydrogen (secondary N) is 1. The van der Waals surface area contributed by atoms with Crippen molar-refractivity contribution in [1.29, 1.82) is 0 Å². The summed E-state index contributed by atoms with van der Waals surface area (Å²) < 4.78 is 10.5. The lowest BCUT2D eigenvalue weighted by Gasteiger charge is -2.36. The molecule has 0 unspecified atom stereocenters. The van der Waals surface area contributed by atoms with Crippen LogP contribution in [0.2, 0.25) is 0 Å². The zero-order valence-electron chi connectivity index (χ0n) is 15.9. The lowest BCUT2D eigenvalue weighted by molar-refractivity contribution is -0.141. The molecule has 4 rings (SSSR count). The number of fused-ring (bicyclic) bond motifs is 2. The number of aliphatic imine (C=N–C) groups is 1. The van der Waals surface area contributed by atoms with Crippen molar-refractivity contribution in [2.24, 2.45) is 22.7 Å². The summed E-state index contributed by atoms with van der Waals surface area (Å²) >= 11 is 0. The third kappa shape index (κ3) is 3.12. The van der Waals surface area contributed by atoms with Crippen molar-refractivity contribution in [3.8, 4) is 11.5 Å². The third-order valence-electron chi connectivity index (χ3n) is 6.02. The number of ether oxygens (including phenoxy) is 2. The van der Waals surface area contributed by atoms with Gasteiger partial charge in [-0.15, -0.1) is 0 Å². The van der Waals surface area contributed by atoms with Crippen LogP contribution in [-0.2, 0) is 9.59 Å². The van der Waals surface area contributed by atoms with E-state index in [0.29, 0.717) is 29.0 Å². The zero-order valence-corrected chi connectivity index (χ0v) is 15.9. The molecule has 4 amide bonds. The van der Waals surface area contributed by atoms with Crippen LogP contribution in [0.3, 0.4) is 0 Å². The quantitative estimate of drug-likeness (QED) is 0.620. The van der Waals surface area contributed by atoms with Gasteiger partial charge in [-0.2, -0.15) is 0 Å². The van der Waals surface area contributed by atoms with E-state index in [1.54, 1.807) is 18.2 Å². The Morgan fingerprint density at radius 3 is 2.61 bits per heavy atom. The Bertz CT molecular complexity index is 852. The Morgan fingerprint density at radius 2 is 1.96 bits per heavy atom. The van der Waals surface area contributed by atoms with Gasteiger partial charge in [0.05, 0.1) is 14.2 Å². The van der Waals surface area contributed by atoms with Crippen molar-refractivity contribution < 1.29 is 23.9 Å². The molecule has 0 radical (unpaired) electrons. The van der Waals surface area contributed by atoms with Crippen LogP contribution in [0.15, 0.2) is 23.2 Å². The van der Waals surface area contributed by atoms with Crippen molar-refractivity contribution in [1.82, 2.24) is 10.2 Å². The largest absolute Gasteiger partial charge is 0.497 e. The highest BCUT2D eigenvalue weighted by Crippen LogP contribution is 2.47. The number of carbonyl (C=O) groups is 3. The van der Waals surface area contributed by atoms with Crippen molar-refractivity contribution in [2.45, 2.75) is 31.7 Å². The van der Waals surface area contributed by atoms with Gasteiger partial charge in [-0.1, -0.05) is 6.42 Å². The van der Waals surface area contributed by atoms with Crippen molar-refractivity contribution in [3.05, 3.63) is 18.2 Å². The molecule has 2 bridgehead atoms. The van der Waals surface area contributed by atoms with Crippen LogP contribution in [0.4, 0.5) is 10.5 Å². The molecule has 8 heteroatoms. The smallest absolute Gasteiger partial charge is 0.331 e. The number of imide groups is 2. The molecule has 148 valence electrons. The summed E-state index contributed by atoms with van der Waals surface area (Å²) in [5.41, 5.74) is 0.436. The van der Waals surface area contributed by atoms with Crippen LogP contribution < -0.4 is 14.8 Å². The van der Waals surface area contributed by atoms with Crippen LogP contribution in [-0.4, -0.2) is 49.2 Å². The SMILES string of the molecule is COc1ccc(OC)c(N=C[C@H]2C(=O)NC(=O)N([C@@H]3C[C@H]4CC[C@H]3C4)C2=O)c1. The van der Waals surface area contributed by atoms with Gasteiger partial charge in [0.25, 0.3) is 0 Å². The molecule has 1 heterocycles. The fraction of sp³-hybridized carbons (Fsp3) is 0.500. The third-order valence-corrected chi connectivity index (χ3v) is 6.02. The van der Waals surface area contributed by atoms with Crippen LogP contribution >= 0.6 is 0 Å². The number of barbiturate groups is 1. The highest BCUT2D eigenvalue weighted by Gasteiger charge is 2.50. The number of benzene rings is 1. The second kappa shape index (κ2) is 7.26. The maximum atomic E-state index is 13.0. The number of nitrogens with zero attached hydrogens (tertiary/aromatic N) is 2. The van der Waals surface area contributed by atoms with Gasteiger partial charge in [-0.25, -0.2) is 4.79 Å². The highest BCUT2D eigenvalue weighted by molar-refractivity contribution is 6.23. The summed E-state index contributed by atoms with van der Waals surface area (Å²) in [5.74, 6) is -0.331. The van der Waals surface area contributed by atoms with Crippen LogP contribution in [0.1, 0.15) is 25.7 Å². The van der Waals surface area contributed by atoms with Gasteiger partial charge in [0.15, 0.2) is 5.92 Å². The van der Waals surface area contributed by atoms with E-state index in [2.05, 4.69) is 10.3 Å². The Morgan fingerprint density at radius 1 is 1.14 bits per heavy atom. The fourth-order valence-corrected chi connectivity index (χ4v) is 4.63. The predicted molar refractivity (Wildman–Crippen MR) is 101 cm³/mol. The number of hydrogen-bond donors (Lipinski definition) is 1. The van der Waals surface area contributed by atoms with E-state index in [4.69, 9.17) is 9.47 Å². The molecular formula is C20H23N3O5. The standard InChI is InChI=1S/C20H23N3O5/c1-27-13-5-6-17(28-2)15(9-13)21-10-14-18(24)22-20(26)23(19(14)25)16-8-11-3-4-12(16)7-11/h5-6,9-12,14,16H,3-4,7-8H2,1-2H3,(H,22,24,26)/t11-,12-,14-,16+/m0/s1. The Hall–Kier alpha value is -2.90. The number of urea groups is 1. The van der Waals surface area contributed by atoms with Gasteiger partial charge in [0.1, 0.15) is 17.2 Å². The molecule has 1 saturated heterocycles. The summed E-state index contributed by atoms with van der Waals surface area (Å²) in [6.07, 6.45) is 5.34. The Kier molecular flexibility index (Phi) is 4.78. The van der Waals surface area contributed by atoms with Gasteiger partial charge in [-0.05, 0) is 43.2 Å². The number of rotatable bonds is 5. The molecule has 0 spiro atoms. The van der Waals surface area contributed by atoms with E-state index < -0.39 is 23.8 Å². The maximum absolute atomic E-state index is 13.0. The van der Waals surface area contributed by atoms with E-state index in [0.717, 1.165) is 25.7 Å². The average Bonchev–Trinajstić information content (AvgIpc) is 3.31. The van der Waals surface area contributed by atoms with Crippen LogP contribution in [0, 0.1) is 17.8 Å². The Labute approximate surface area is 162 Å². The summed E-state index contributed by atoms with van der Waals surface area (Å²) in [5, 5.41) is 2.31. The molecule has 1 aromatic rings. The van der Waals surface area contributed by atoms with Crippen LogP contribution in [0.5, 0.6) is 11.5 Å². The number of carbonyl (C=O) groups excluding carboxylic acids is 3. The summed E-state index contributed by atoms with van der Waals surface area (Å²) in [4.78, 5) is 43.2. The van der Waals surface area contributed by atoms with Crippen LogP contribution in [0.25, 0.3) is 0 Å². The Balaban J connectivity index is 1.58. The first-order valence-electron chi connectivity index (χ1n) is 9.46. The summed E-state index contributed by atoms with van der Waals surface area (Å²) in [7, 11) is 3.04. The fourth-order valence-electron chi connectivity index (χ4n) is 4.63. The topological polar surface area (TPSA) is 97.3 Å². The first-order valence-corrected chi connectivity index (χ1v) is 9.46. The number of hydrogen-bond acceptors (Lipinski definition) is 6. The lowest BCUT2D eigenvalue weighted by atomic mass is 9.92. The van der Waals surface area contributed by atoms with E-state index in [9.17, 15) is 14.4 Å². The summed E-state index contributed by atoms with van der Waals surface area (Å²) in [6, 6.07) is 4.34. The zero-order chi connectivity index (χ0) is 19.8.